The number of carbonyl (C=O) groups is 1. The number of amides is 1. The molecule has 2 atom stereocenters. The first-order valence-electron chi connectivity index (χ1n) is 7.70. The first-order valence-corrected chi connectivity index (χ1v) is 7.70. The van der Waals surface area contributed by atoms with Crippen LogP contribution in [-0.2, 0) is 11.0 Å². The van der Waals surface area contributed by atoms with Gasteiger partial charge in [0.1, 0.15) is 0 Å². The number of benzene rings is 1. The molecule has 0 radical (unpaired) electrons. The first kappa shape index (κ1) is 17.6. The highest BCUT2D eigenvalue weighted by atomic mass is 19.4. The Morgan fingerprint density at radius 3 is 2.74 bits per heavy atom. The van der Waals surface area contributed by atoms with Gasteiger partial charge in [0.2, 0.25) is 5.91 Å². The highest BCUT2D eigenvalue weighted by Crippen LogP contribution is 2.35. The number of nitrogen functional groups attached to an aromatic ring is 1. The highest BCUT2D eigenvalue weighted by Gasteiger charge is 2.33. The van der Waals surface area contributed by atoms with Crippen molar-refractivity contribution in [3.63, 3.8) is 0 Å². The van der Waals surface area contributed by atoms with Crippen LogP contribution >= 0.6 is 0 Å². The molecular formula is C16H22F3N3O. The van der Waals surface area contributed by atoms with Crippen molar-refractivity contribution in [2.24, 2.45) is 5.92 Å². The number of nitrogens with one attached hydrogen (secondary N) is 1. The predicted octanol–water partition coefficient (Wildman–Crippen LogP) is 3.35. The Kier molecular flexibility index (Phi) is 5.19. The van der Waals surface area contributed by atoms with Crippen LogP contribution in [0.4, 0.5) is 24.5 Å². The van der Waals surface area contributed by atoms with Gasteiger partial charge in [-0.1, -0.05) is 6.92 Å². The van der Waals surface area contributed by atoms with E-state index in [9.17, 15) is 18.0 Å². The zero-order valence-electron chi connectivity index (χ0n) is 13.3. The van der Waals surface area contributed by atoms with Gasteiger partial charge < -0.3 is 11.1 Å². The lowest BCUT2D eigenvalue weighted by Crippen LogP contribution is -2.46. The number of halogens is 3. The molecule has 1 aromatic rings. The number of carbonyl (C=O) groups excluding carboxylic acids is 1. The van der Waals surface area contributed by atoms with Crippen LogP contribution in [0.3, 0.4) is 0 Å². The van der Waals surface area contributed by atoms with Gasteiger partial charge in [0.15, 0.2) is 0 Å². The third-order valence-electron chi connectivity index (χ3n) is 4.24. The van der Waals surface area contributed by atoms with Crippen LogP contribution in [0.15, 0.2) is 18.2 Å². The molecule has 2 rings (SSSR count). The number of hydrogen-bond donors (Lipinski definition) is 2. The van der Waals surface area contributed by atoms with Crippen molar-refractivity contribution in [1.82, 2.24) is 4.90 Å². The molecule has 0 spiro atoms. The minimum atomic E-state index is -4.54. The maximum Gasteiger partial charge on any atom is 0.418 e. The summed E-state index contributed by atoms with van der Waals surface area (Å²) in [6.07, 6.45) is -2.38. The molecular weight excluding hydrogens is 307 g/mol. The molecule has 0 bridgehead atoms. The molecule has 23 heavy (non-hydrogen) atoms. The van der Waals surface area contributed by atoms with Crippen LogP contribution < -0.4 is 11.1 Å². The molecule has 0 saturated carbocycles. The summed E-state index contributed by atoms with van der Waals surface area (Å²) in [5, 5.41) is 2.56. The Bertz CT molecular complexity index is 574. The van der Waals surface area contributed by atoms with Crippen molar-refractivity contribution in [2.45, 2.75) is 38.9 Å². The normalized spacial score (nSPS) is 21.0. The van der Waals surface area contributed by atoms with Crippen LogP contribution in [-0.4, -0.2) is 29.9 Å². The number of likely N-dealkylation sites (tertiary alicyclic amines) is 1. The van der Waals surface area contributed by atoms with E-state index in [1.807, 2.05) is 0 Å². The summed E-state index contributed by atoms with van der Waals surface area (Å²) in [5.41, 5.74) is 4.17. The summed E-state index contributed by atoms with van der Waals surface area (Å²) >= 11 is 0. The Labute approximate surface area is 133 Å². The van der Waals surface area contributed by atoms with Crippen LogP contribution in [0, 0.1) is 5.92 Å². The van der Waals surface area contributed by atoms with E-state index >= 15 is 0 Å². The van der Waals surface area contributed by atoms with Crippen molar-refractivity contribution in [3.05, 3.63) is 23.8 Å². The van der Waals surface area contributed by atoms with Crippen LogP contribution in [0.5, 0.6) is 0 Å². The highest BCUT2D eigenvalue weighted by molar-refractivity contribution is 5.94. The van der Waals surface area contributed by atoms with Crippen LogP contribution in [0.25, 0.3) is 0 Å². The van der Waals surface area contributed by atoms with Gasteiger partial charge in [-0.3, -0.25) is 9.69 Å². The summed E-state index contributed by atoms with van der Waals surface area (Å²) in [6.45, 7) is 5.56. The second-order valence-corrected chi connectivity index (χ2v) is 6.21. The van der Waals surface area contributed by atoms with E-state index < -0.39 is 11.7 Å². The molecule has 0 aliphatic carbocycles. The number of piperidine rings is 1. The zero-order valence-corrected chi connectivity index (χ0v) is 13.3. The molecule has 3 N–H and O–H groups in total. The minimum absolute atomic E-state index is 0.105. The van der Waals surface area contributed by atoms with Crippen molar-refractivity contribution >= 4 is 17.3 Å². The van der Waals surface area contributed by atoms with E-state index in [0.717, 1.165) is 38.1 Å². The van der Waals surface area contributed by atoms with E-state index in [0.29, 0.717) is 5.92 Å². The molecule has 1 heterocycles. The Morgan fingerprint density at radius 2 is 2.13 bits per heavy atom. The van der Waals surface area contributed by atoms with Gasteiger partial charge in [0.25, 0.3) is 0 Å². The third-order valence-corrected chi connectivity index (χ3v) is 4.24. The summed E-state index contributed by atoms with van der Waals surface area (Å²) in [5.74, 6) is 0.212. The molecule has 1 aliphatic heterocycles. The van der Waals surface area contributed by atoms with E-state index in [2.05, 4.69) is 17.1 Å². The number of nitrogens with zero attached hydrogens (tertiary/aromatic N) is 1. The summed E-state index contributed by atoms with van der Waals surface area (Å²) in [7, 11) is 0. The number of alkyl halides is 3. The fourth-order valence-corrected chi connectivity index (χ4v) is 2.87. The van der Waals surface area contributed by atoms with Crippen molar-refractivity contribution in [1.29, 1.82) is 0 Å². The molecule has 1 aromatic carbocycles. The Morgan fingerprint density at radius 1 is 1.43 bits per heavy atom. The standard InChI is InChI=1S/C16H22F3N3O/c1-10-4-3-7-22(9-10)11(2)15(23)21-12-5-6-14(20)13(8-12)16(17,18)19/h5-6,8,10-11H,3-4,7,9,20H2,1-2H3,(H,21,23). The topological polar surface area (TPSA) is 58.4 Å². The first-order chi connectivity index (χ1) is 10.7. The fraction of sp³-hybridized carbons (Fsp3) is 0.562. The second kappa shape index (κ2) is 6.78. The lowest BCUT2D eigenvalue weighted by molar-refractivity contribution is -0.137. The maximum absolute atomic E-state index is 12.9. The largest absolute Gasteiger partial charge is 0.418 e. The van der Waals surface area contributed by atoms with Gasteiger partial charge in [-0.15, -0.1) is 0 Å². The molecule has 1 aliphatic rings. The minimum Gasteiger partial charge on any atom is -0.398 e. The van der Waals surface area contributed by atoms with E-state index in [1.165, 1.54) is 6.07 Å². The summed E-state index contributed by atoms with van der Waals surface area (Å²) in [4.78, 5) is 14.4. The van der Waals surface area contributed by atoms with Gasteiger partial charge in [-0.2, -0.15) is 13.2 Å². The quantitative estimate of drug-likeness (QED) is 0.836. The lowest BCUT2D eigenvalue weighted by Gasteiger charge is -2.34. The second-order valence-electron chi connectivity index (χ2n) is 6.21. The molecule has 1 fully saturated rings. The molecule has 1 amide bonds. The number of nitrogens with two attached hydrogens (primary N) is 1. The monoisotopic (exact) mass is 329 g/mol. The molecule has 0 aromatic heterocycles. The maximum atomic E-state index is 12.9. The van der Waals surface area contributed by atoms with Gasteiger partial charge in [-0.25, -0.2) is 0 Å². The average molecular weight is 329 g/mol. The van der Waals surface area contributed by atoms with Crippen molar-refractivity contribution in [2.75, 3.05) is 24.1 Å². The Balaban J connectivity index is 2.08. The van der Waals surface area contributed by atoms with Gasteiger partial charge in [0.05, 0.1) is 11.6 Å². The number of hydrogen-bond acceptors (Lipinski definition) is 3. The molecule has 4 nitrogen and oxygen atoms in total. The van der Waals surface area contributed by atoms with Crippen LogP contribution in [0.1, 0.15) is 32.3 Å². The summed E-state index contributed by atoms with van der Waals surface area (Å²) < 4.78 is 38.6. The van der Waals surface area contributed by atoms with E-state index in [1.54, 1.807) is 6.92 Å². The SMILES string of the molecule is CC1CCCN(C(C)C(=O)Nc2ccc(N)c(C(F)(F)F)c2)C1. The van der Waals surface area contributed by atoms with Gasteiger partial charge >= 0.3 is 6.18 Å². The summed E-state index contributed by atoms with van der Waals surface area (Å²) in [6, 6.07) is 3.03. The zero-order chi connectivity index (χ0) is 17.2. The molecule has 1 saturated heterocycles. The molecule has 2 unspecified atom stereocenters. The van der Waals surface area contributed by atoms with Gasteiger partial charge in [-0.05, 0) is 50.4 Å². The molecule has 7 heteroatoms. The smallest absolute Gasteiger partial charge is 0.398 e. The molecule has 128 valence electrons. The van der Waals surface area contributed by atoms with Crippen molar-refractivity contribution < 1.29 is 18.0 Å². The van der Waals surface area contributed by atoms with E-state index in [4.69, 9.17) is 5.73 Å². The fourth-order valence-electron chi connectivity index (χ4n) is 2.87. The average Bonchev–Trinajstić information content (AvgIpc) is 2.47. The predicted molar refractivity (Wildman–Crippen MR) is 83.9 cm³/mol. The lowest BCUT2D eigenvalue weighted by atomic mass is 9.99. The number of rotatable bonds is 3. The van der Waals surface area contributed by atoms with E-state index in [-0.39, 0.29) is 23.3 Å². The van der Waals surface area contributed by atoms with Crippen LogP contribution in [0.2, 0.25) is 0 Å². The number of anilines is 2. The third kappa shape index (κ3) is 4.37. The Hall–Kier alpha value is -1.76. The van der Waals surface area contributed by atoms with Crippen molar-refractivity contribution in [3.8, 4) is 0 Å². The van der Waals surface area contributed by atoms with Gasteiger partial charge in [0, 0.05) is 17.9 Å².